The zero-order valence-corrected chi connectivity index (χ0v) is 9.06. The Balaban J connectivity index is 2.15. The molecule has 4 heteroatoms. The Morgan fingerprint density at radius 3 is 2.60 bits per heavy atom. The summed E-state index contributed by atoms with van der Waals surface area (Å²) in [5.41, 5.74) is 0. The van der Waals surface area contributed by atoms with Crippen molar-refractivity contribution in [3.05, 3.63) is 30.3 Å². The van der Waals surface area contributed by atoms with Crippen molar-refractivity contribution < 1.29 is 9.53 Å². The van der Waals surface area contributed by atoms with Gasteiger partial charge in [0.15, 0.2) is 0 Å². The lowest BCUT2D eigenvalue weighted by atomic mass is 10.3. The van der Waals surface area contributed by atoms with E-state index in [1.165, 1.54) is 4.90 Å². The summed E-state index contributed by atoms with van der Waals surface area (Å²) in [5, 5.41) is 2.71. The third-order valence-electron chi connectivity index (χ3n) is 1.80. The Morgan fingerprint density at radius 1 is 1.33 bits per heavy atom. The fourth-order valence-corrected chi connectivity index (χ4v) is 1.00. The molecule has 0 aromatic heterocycles. The van der Waals surface area contributed by atoms with E-state index in [2.05, 4.69) is 5.32 Å². The van der Waals surface area contributed by atoms with Gasteiger partial charge < -0.3 is 15.0 Å². The molecule has 0 aliphatic carbocycles. The van der Waals surface area contributed by atoms with Crippen LogP contribution in [0.4, 0.5) is 4.79 Å². The van der Waals surface area contributed by atoms with Crippen LogP contribution in [0.1, 0.15) is 0 Å². The minimum atomic E-state index is -0.105. The summed E-state index contributed by atoms with van der Waals surface area (Å²) in [7, 11) is 3.40. The smallest absolute Gasteiger partial charge is 0.316 e. The van der Waals surface area contributed by atoms with Gasteiger partial charge >= 0.3 is 6.03 Å². The number of hydrogen-bond donors (Lipinski definition) is 1. The molecule has 1 aromatic carbocycles. The summed E-state index contributed by atoms with van der Waals surface area (Å²) in [6.45, 7) is 0.982. The molecule has 82 valence electrons. The third-order valence-corrected chi connectivity index (χ3v) is 1.80. The van der Waals surface area contributed by atoms with E-state index in [-0.39, 0.29) is 6.03 Å². The van der Waals surface area contributed by atoms with E-state index >= 15 is 0 Å². The molecule has 2 amide bonds. The highest BCUT2D eigenvalue weighted by atomic mass is 16.5. The fourth-order valence-electron chi connectivity index (χ4n) is 1.00. The highest BCUT2D eigenvalue weighted by Gasteiger charge is 2.00. The van der Waals surface area contributed by atoms with Crippen LogP contribution in [0.3, 0.4) is 0 Å². The first-order valence-electron chi connectivity index (χ1n) is 4.83. The Kier molecular flexibility index (Phi) is 4.47. The van der Waals surface area contributed by atoms with Crippen molar-refractivity contribution in [2.45, 2.75) is 0 Å². The number of benzene rings is 1. The number of amides is 2. The van der Waals surface area contributed by atoms with Gasteiger partial charge in [0.2, 0.25) is 0 Å². The lowest BCUT2D eigenvalue weighted by molar-refractivity contribution is 0.213. The molecule has 1 N–H and O–H groups in total. The van der Waals surface area contributed by atoms with E-state index in [1.807, 2.05) is 30.3 Å². The second-order valence-corrected chi connectivity index (χ2v) is 3.29. The zero-order valence-electron chi connectivity index (χ0n) is 9.06. The average Bonchev–Trinajstić information content (AvgIpc) is 2.25. The molecule has 0 bridgehead atoms. The van der Waals surface area contributed by atoms with Crippen LogP contribution in [0.25, 0.3) is 0 Å². The molecular weight excluding hydrogens is 192 g/mol. The second-order valence-electron chi connectivity index (χ2n) is 3.29. The number of nitrogens with zero attached hydrogens (tertiary/aromatic N) is 1. The van der Waals surface area contributed by atoms with Crippen molar-refractivity contribution in [1.82, 2.24) is 10.2 Å². The molecule has 1 aromatic rings. The van der Waals surface area contributed by atoms with Gasteiger partial charge in [-0.05, 0) is 12.1 Å². The van der Waals surface area contributed by atoms with Crippen LogP contribution >= 0.6 is 0 Å². The fraction of sp³-hybridized carbons (Fsp3) is 0.364. The van der Waals surface area contributed by atoms with Gasteiger partial charge in [0.1, 0.15) is 12.4 Å². The van der Waals surface area contributed by atoms with Gasteiger partial charge in [-0.2, -0.15) is 0 Å². The standard InChI is InChI=1S/C11H16N2O2/c1-13(2)11(14)12-8-9-15-10-6-4-3-5-7-10/h3-7H,8-9H2,1-2H3,(H,12,14). The monoisotopic (exact) mass is 208 g/mol. The summed E-state index contributed by atoms with van der Waals surface area (Å²) in [5.74, 6) is 0.816. The van der Waals surface area contributed by atoms with Crippen LogP contribution in [0.5, 0.6) is 5.75 Å². The first-order chi connectivity index (χ1) is 7.20. The Hall–Kier alpha value is -1.71. The number of ether oxygens (including phenoxy) is 1. The Bertz CT molecular complexity index is 299. The Labute approximate surface area is 89.8 Å². The van der Waals surface area contributed by atoms with E-state index < -0.39 is 0 Å². The number of nitrogens with one attached hydrogen (secondary N) is 1. The molecule has 0 fully saturated rings. The second kappa shape index (κ2) is 5.90. The molecule has 0 radical (unpaired) electrons. The minimum Gasteiger partial charge on any atom is -0.492 e. The number of carbonyl (C=O) groups is 1. The summed E-state index contributed by atoms with van der Waals surface area (Å²) in [6, 6.07) is 9.41. The van der Waals surface area contributed by atoms with Gasteiger partial charge in [-0.25, -0.2) is 4.79 Å². The van der Waals surface area contributed by atoms with Crippen molar-refractivity contribution in [1.29, 1.82) is 0 Å². The Morgan fingerprint density at radius 2 is 2.00 bits per heavy atom. The van der Waals surface area contributed by atoms with Gasteiger partial charge in [-0.15, -0.1) is 0 Å². The molecule has 0 aliphatic heterocycles. The van der Waals surface area contributed by atoms with Gasteiger partial charge in [0.25, 0.3) is 0 Å². The SMILES string of the molecule is CN(C)C(=O)NCCOc1ccccc1. The molecule has 0 atom stereocenters. The molecule has 1 rings (SSSR count). The van der Waals surface area contributed by atoms with Crippen LogP contribution in [0, 0.1) is 0 Å². The first-order valence-corrected chi connectivity index (χ1v) is 4.83. The zero-order chi connectivity index (χ0) is 11.1. The molecule has 4 nitrogen and oxygen atoms in total. The molecule has 0 unspecified atom stereocenters. The molecule has 0 heterocycles. The first kappa shape index (κ1) is 11.4. The van der Waals surface area contributed by atoms with Crippen LogP contribution in [-0.4, -0.2) is 38.2 Å². The lowest BCUT2D eigenvalue weighted by Crippen LogP contribution is -2.36. The third kappa shape index (κ3) is 4.35. The highest BCUT2D eigenvalue weighted by molar-refractivity contribution is 5.73. The van der Waals surface area contributed by atoms with Crippen molar-refractivity contribution >= 4 is 6.03 Å². The predicted octanol–water partition coefficient (Wildman–Crippen LogP) is 1.34. The van der Waals surface area contributed by atoms with Crippen LogP contribution < -0.4 is 10.1 Å². The number of urea groups is 1. The maximum atomic E-state index is 11.1. The normalized spacial score (nSPS) is 9.47. The maximum absolute atomic E-state index is 11.1. The number of carbonyl (C=O) groups excluding carboxylic acids is 1. The number of rotatable bonds is 4. The molecule has 0 spiro atoms. The van der Waals surface area contributed by atoms with Crippen LogP contribution in [0.15, 0.2) is 30.3 Å². The van der Waals surface area contributed by atoms with E-state index in [0.29, 0.717) is 13.2 Å². The predicted molar refractivity (Wildman–Crippen MR) is 59.0 cm³/mol. The van der Waals surface area contributed by atoms with Crippen molar-refractivity contribution in [2.75, 3.05) is 27.2 Å². The van der Waals surface area contributed by atoms with Crippen LogP contribution in [0.2, 0.25) is 0 Å². The van der Waals surface area contributed by atoms with Crippen LogP contribution in [-0.2, 0) is 0 Å². The van der Waals surface area contributed by atoms with Gasteiger partial charge in [0.05, 0.1) is 6.54 Å². The molecule has 0 saturated carbocycles. The molecule has 0 saturated heterocycles. The number of para-hydroxylation sites is 1. The van der Waals surface area contributed by atoms with E-state index in [4.69, 9.17) is 4.74 Å². The van der Waals surface area contributed by atoms with Crippen molar-refractivity contribution in [3.8, 4) is 5.75 Å². The van der Waals surface area contributed by atoms with Gasteiger partial charge in [-0.1, -0.05) is 18.2 Å². The molecular formula is C11H16N2O2. The number of hydrogen-bond acceptors (Lipinski definition) is 2. The van der Waals surface area contributed by atoms with E-state index in [9.17, 15) is 4.79 Å². The largest absolute Gasteiger partial charge is 0.492 e. The maximum Gasteiger partial charge on any atom is 0.316 e. The van der Waals surface area contributed by atoms with Gasteiger partial charge in [-0.3, -0.25) is 0 Å². The van der Waals surface area contributed by atoms with E-state index in [1.54, 1.807) is 14.1 Å². The summed E-state index contributed by atoms with van der Waals surface area (Å²) >= 11 is 0. The summed E-state index contributed by atoms with van der Waals surface area (Å²) in [6.07, 6.45) is 0. The summed E-state index contributed by atoms with van der Waals surface area (Å²) in [4.78, 5) is 12.6. The topological polar surface area (TPSA) is 41.6 Å². The molecule has 0 aliphatic rings. The average molecular weight is 208 g/mol. The lowest BCUT2D eigenvalue weighted by Gasteiger charge is -2.12. The van der Waals surface area contributed by atoms with Crippen molar-refractivity contribution in [3.63, 3.8) is 0 Å². The minimum absolute atomic E-state index is 0.105. The van der Waals surface area contributed by atoms with E-state index in [0.717, 1.165) is 5.75 Å². The van der Waals surface area contributed by atoms with Gasteiger partial charge in [0, 0.05) is 14.1 Å². The molecule has 15 heavy (non-hydrogen) atoms. The van der Waals surface area contributed by atoms with Crippen molar-refractivity contribution in [2.24, 2.45) is 0 Å². The summed E-state index contributed by atoms with van der Waals surface area (Å²) < 4.78 is 5.40. The quantitative estimate of drug-likeness (QED) is 0.758. The highest BCUT2D eigenvalue weighted by Crippen LogP contribution is 2.07.